The number of rotatable bonds is 3. The molecule has 0 heterocycles. The molecule has 0 atom stereocenters. The maximum absolute atomic E-state index is 11.2. The van der Waals surface area contributed by atoms with E-state index in [1.165, 1.54) is 6.07 Å². The van der Waals surface area contributed by atoms with Crippen LogP contribution in [-0.2, 0) is 9.53 Å². The summed E-state index contributed by atoms with van der Waals surface area (Å²) in [5.74, 6) is 0.355. The molecule has 0 amide bonds. The first-order valence-electron chi connectivity index (χ1n) is 6.81. The predicted octanol–water partition coefficient (Wildman–Crippen LogP) is 3.08. The maximum atomic E-state index is 11.2. The molecule has 0 aliphatic heterocycles. The summed E-state index contributed by atoms with van der Waals surface area (Å²) < 4.78 is 5.33. The van der Waals surface area contributed by atoms with Gasteiger partial charge in [-0.1, -0.05) is 13.0 Å². The molecule has 0 aromatic heterocycles. The number of carbonyl (C=O) groups excluding carboxylic acids is 1. The normalized spacial score (nSPS) is 23.0. The van der Waals surface area contributed by atoms with Gasteiger partial charge in [-0.15, -0.1) is 0 Å². The van der Waals surface area contributed by atoms with Gasteiger partial charge in [0.2, 0.25) is 0 Å². The Kier molecular flexibility index (Phi) is 4.30. The van der Waals surface area contributed by atoms with E-state index in [1.807, 2.05) is 0 Å². The minimum Gasteiger partial charge on any atom is -0.508 e. The lowest BCUT2D eigenvalue weighted by atomic mass is 9.82. The summed E-state index contributed by atoms with van der Waals surface area (Å²) >= 11 is 0. The van der Waals surface area contributed by atoms with Crippen LogP contribution in [0.1, 0.15) is 50.5 Å². The average Bonchev–Trinajstić information content (AvgIpc) is 2.40. The number of hydrogen-bond donors (Lipinski definition) is 2. The van der Waals surface area contributed by atoms with E-state index in [-0.39, 0.29) is 29.5 Å². The van der Waals surface area contributed by atoms with Crippen molar-refractivity contribution >= 4 is 5.97 Å². The van der Waals surface area contributed by atoms with E-state index in [0.717, 1.165) is 31.2 Å². The number of phenols is 2. The second kappa shape index (κ2) is 5.95. The molecule has 0 unspecified atom stereocenters. The Bertz CT molecular complexity index is 447. The van der Waals surface area contributed by atoms with Crippen LogP contribution in [0.5, 0.6) is 11.5 Å². The average molecular weight is 264 g/mol. The zero-order chi connectivity index (χ0) is 13.8. The molecule has 2 N–H and O–H groups in total. The minimum atomic E-state index is -0.143. The molecule has 4 heteroatoms. The van der Waals surface area contributed by atoms with Gasteiger partial charge in [0.25, 0.3) is 0 Å². The molecule has 4 nitrogen and oxygen atoms in total. The Morgan fingerprint density at radius 2 is 1.95 bits per heavy atom. The van der Waals surface area contributed by atoms with Gasteiger partial charge < -0.3 is 14.9 Å². The van der Waals surface area contributed by atoms with Crippen molar-refractivity contribution in [1.82, 2.24) is 0 Å². The number of aromatic hydroxyl groups is 2. The van der Waals surface area contributed by atoms with Crippen LogP contribution in [0, 0.1) is 0 Å². The molecule has 0 radical (unpaired) electrons. The first-order chi connectivity index (χ1) is 9.10. The van der Waals surface area contributed by atoms with E-state index in [9.17, 15) is 15.0 Å². The van der Waals surface area contributed by atoms with Crippen molar-refractivity contribution in [1.29, 1.82) is 0 Å². The van der Waals surface area contributed by atoms with Gasteiger partial charge in [0.15, 0.2) is 0 Å². The lowest BCUT2D eigenvalue weighted by Crippen LogP contribution is -2.23. The van der Waals surface area contributed by atoms with E-state index >= 15 is 0 Å². The lowest BCUT2D eigenvalue weighted by molar-refractivity contribution is -0.150. The molecule has 0 spiro atoms. The van der Waals surface area contributed by atoms with Crippen LogP contribution < -0.4 is 0 Å². The Morgan fingerprint density at radius 1 is 1.26 bits per heavy atom. The first kappa shape index (κ1) is 13.7. The quantitative estimate of drug-likeness (QED) is 0.823. The standard InChI is InChI=1S/C15H20O4/c1-2-15(18)19-12-6-3-10(4-7-12)13-8-5-11(16)9-14(13)17/h5,8-10,12,16-17H,2-4,6-7H2,1H3. The number of benzene rings is 1. The molecule has 2 rings (SSSR count). The molecule has 19 heavy (non-hydrogen) atoms. The van der Waals surface area contributed by atoms with Crippen LogP contribution in [0.3, 0.4) is 0 Å². The van der Waals surface area contributed by atoms with Crippen molar-refractivity contribution in [2.45, 2.75) is 51.0 Å². The second-order valence-electron chi connectivity index (χ2n) is 5.06. The highest BCUT2D eigenvalue weighted by molar-refractivity contribution is 5.69. The number of phenolic OH excluding ortho intramolecular Hbond substituents is 2. The van der Waals surface area contributed by atoms with E-state index < -0.39 is 0 Å². The van der Waals surface area contributed by atoms with Gasteiger partial charge in [0.05, 0.1) is 0 Å². The van der Waals surface area contributed by atoms with E-state index in [1.54, 1.807) is 19.1 Å². The topological polar surface area (TPSA) is 66.8 Å². The zero-order valence-electron chi connectivity index (χ0n) is 11.1. The Balaban J connectivity index is 1.94. The monoisotopic (exact) mass is 264 g/mol. The maximum Gasteiger partial charge on any atom is 0.305 e. The third kappa shape index (κ3) is 3.40. The van der Waals surface area contributed by atoms with Crippen molar-refractivity contribution in [3.8, 4) is 11.5 Å². The van der Waals surface area contributed by atoms with Crippen LogP contribution in [0.25, 0.3) is 0 Å². The Hall–Kier alpha value is -1.71. The van der Waals surface area contributed by atoms with Gasteiger partial charge in [0, 0.05) is 12.5 Å². The number of ether oxygens (including phenoxy) is 1. The third-order valence-corrected chi connectivity index (χ3v) is 3.71. The van der Waals surface area contributed by atoms with Crippen LogP contribution >= 0.6 is 0 Å². The molecule has 1 aromatic carbocycles. The second-order valence-corrected chi connectivity index (χ2v) is 5.06. The molecule has 0 saturated heterocycles. The molecule has 1 saturated carbocycles. The fourth-order valence-electron chi connectivity index (χ4n) is 2.64. The highest BCUT2D eigenvalue weighted by Gasteiger charge is 2.26. The highest BCUT2D eigenvalue weighted by atomic mass is 16.5. The van der Waals surface area contributed by atoms with Crippen molar-refractivity contribution < 1.29 is 19.7 Å². The highest BCUT2D eigenvalue weighted by Crippen LogP contribution is 2.39. The lowest BCUT2D eigenvalue weighted by Gasteiger charge is -2.28. The molecule has 1 aromatic rings. The Morgan fingerprint density at radius 3 is 2.53 bits per heavy atom. The van der Waals surface area contributed by atoms with Crippen molar-refractivity contribution in [3.63, 3.8) is 0 Å². The van der Waals surface area contributed by atoms with Crippen molar-refractivity contribution in [3.05, 3.63) is 23.8 Å². The summed E-state index contributed by atoms with van der Waals surface area (Å²) in [6, 6.07) is 4.74. The molecular weight excluding hydrogens is 244 g/mol. The molecular formula is C15H20O4. The number of esters is 1. The van der Waals surface area contributed by atoms with Gasteiger partial charge >= 0.3 is 5.97 Å². The van der Waals surface area contributed by atoms with E-state index in [2.05, 4.69) is 0 Å². The van der Waals surface area contributed by atoms with Crippen LogP contribution in [0.2, 0.25) is 0 Å². The number of carbonyl (C=O) groups is 1. The van der Waals surface area contributed by atoms with Gasteiger partial charge in [-0.3, -0.25) is 4.79 Å². The fourth-order valence-corrected chi connectivity index (χ4v) is 2.64. The summed E-state index contributed by atoms with van der Waals surface area (Å²) in [7, 11) is 0. The SMILES string of the molecule is CCC(=O)OC1CCC(c2ccc(O)cc2O)CC1. The molecule has 1 fully saturated rings. The zero-order valence-corrected chi connectivity index (χ0v) is 11.1. The molecule has 0 bridgehead atoms. The van der Waals surface area contributed by atoms with Gasteiger partial charge in [-0.05, 0) is 43.2 Å². The summed E-state index contributed by atoms with van der Waals surface area (Å²) in [5.41, 5.74) is 0.873. The molecule has 1 aliphatic rings. The van der Waals surface area contributed by atoms with E-state index in [0.29, 0.717) is 6.42 Å². The molecule has 104 valence electrons. The van der Waals surface area contributed by atoms with Crippen molar-refractivity contribution in [2.24, 2.45) is 0 Å². The minimum absolute atomic E-state index is 0.0166. The van der Waals surface area contributed by atoms with Crippen LogP contribution in [0.15, 0.2) is 18.2 Å². The van der Waals surface area contributed by atoms with Crippen LogP contribution in [0.4, 0.5) is 0 Å². The predicted molar refractivity (Wildman–Crippen MR) is 71.2 cm³/mol. The van der Waals surface area contributed by atoms with Crippen molar-refractivity contribution in [2.75, 3.05) is 0 Å². The first-order valence-corrected chi connectivity index (χ1v) is 6.81. The fraction of sp³-hybridized carbons (Fsp3) is 0.533. The number of hydrogen-bond acceptors (Lipinski definition) is 4. The third-order valence-electron chi connectivity index (χ3n) is 3.71. The largest absolute Gasteiger partial charge is 0.508 e. The Labute approximate surface area is 113 Å². The van der Waals surface area contributed by atoms with Crippen LogP contribution in [-0.4, -0.2) is 22.3 Å². The summed E-state index contributed by atoms with van der Waals surface area (Å²) in [6.07, 6.45) is 3.87. The smallest absolute Gasteiger partial charge is 0.305 e. The van der Waals surface area contributed by atoms with Gasteiger partial charge in [0.1, 0.15) is 17.6 Å². The van der Waals surface area contributed by atoms with Gasteiger partial charge in [-0.25, -0.2) is 0 Å². The summed E-state index contributed by atoms with van der Waals surface area (Å²) in [5, 5.41) is 19.1. The summed E-state index contributed by atoms with van der Waals surface area (Å²) in [6.45, 7) is 1.79. The summed E-state index contributed by atoms with van der Waals surface area (Å²) in [4.78, 5) is 11.2. The van der Waals surface area contributed by atoms with E-state index in [4.69, 9.17) is 4.74 Å². The van der Waals surface area contributed by atoms with Gasteiger partial charge in [-0.2, -0.15) is 0 Å². The molecule has 1 aliphatic carbocycles.